The summed E-state index contributed by atoms with van der Waals surface area (Å²) in [5.41, 5.74) is 8.60. The first kappa shape index (κ1) is 11.3. The average molecular weight is 191 g/mol. The molecule has 0 bridgehead atoms. The SMILES string of the molecule is CC[C@H](N)c1ccc(CC(C)C)cc1. The highest BCUT2D eigenvalue weighted by atomic mass is 14.6. The van der Waals surface area contributed by atoms with E-state index in [0.717, 1.165) is 18.8 Å². The minimum absolute atomic E-state index is 0.197. The lowest BCUT2D eigenvalue weighted by Crippen LogP contribution is -2.08. The van der Waals surface area contributed by atoms with Gasteiger partial charge in [0, 0.05) is 6.04 Å². The third-order valence-electron chi connectivity index (χ3n) is 2.49. The Morgan fingerprint density at radius 2 is 1.71 bits per heavy atom. The van der Waals surface area contributed by atoms with Gasteiger partial charge in [-0.1, -0.05) is 45.0 Å². The first-order valence-electron chi connectivity index (χ1n) is 5.48. The minimum Gasteiger partial charge on any atom is -0.324 e. The van der Waals surface area contributed by atoms with Gasteiger partial charge in [-0.15, -0.1) is 0 Å². The van der Waals surface area contributed by atoms with E-state index >= 15 is 0 Å². The summed E-state index contributed by atoms with van der Waals surface area (Å²) >= 11 is 0. The maximum absolute atomic E-state index is 5.95. The molecule has 78 valence electrons. The van der Waals surface area contributed by atoms with Crippen LogP contribution in [0.2, 0.25) is 0 Å². The maximum Gasteiger partial charge on any atom is 0.0292 e. The van der Waals surface area contributed by atoms with Crippen LogP contribution in [-0.4, -0.2) is 0 Å². The van der Waals surface area contributed by atoms with Gasteiger partial charge in [-0.05, 0) is 29.9 Å². The van der Waals surface area contributed by atoms with Crippen molar-refractivity contribution in [2.75, 3.05) is 0 Å². The summed E-state index contributed by atoms with van der Waals surface area (Å²) < 4.78 is 0. The standard InChI is InChI=1S/C13H21N/c1-4-13(14)12-7-5-11(6-8-12)9-10(2)3/h5-8,10,13H,4,9,14H2,1-3H3/t13-/m0/s1. The Kier molecular flexibility index (Phi) is 4.15. The molecule has 0 radical (unpaired) electrons. The molecule has 0 amide bonds. The van der Waals surface area contributed by atoms with Crippen LogP contribution in [0.15, 0.2) is 24.3 Å². The van der Waals surface area contributed by atoms with Crippen LogP contribution in [0.5, 0.6) is 0 Å². The average Bonchev–Trinajstić information content (AvgIpc) is 2.17. The van der Waals surface area contributed by atoms with Crippen LogP contribution < -0.4 is 5.73 Å². The zero-order chi connectivity index (χ0) is 10.6. The number of hydrogen-bond donors (Lipinski definition) is 1. The molecule has 0 aliphatic rings. The normalized spacial score (nSPS) is 13.2. The van der Waals surface area contributed by atoms with Crippen molar-refractivity contribution in [3.63, 3.8) is 0 Å². The highest BCUT2D eigenvalue weighted by molar-refractivity contribution is 5.25. The minimum atomic E-state index is 0.197. The summed E-state index contributed by atoms with van der Waals surface area (Å²) in [6.45, 7) is 6.60. The highest BCUT2D eigenvalue weighted by Gasteiger charge is 2.03. The Morgan fingerprint density at radius 1 is 1.14 bits per heavy atom. The van der Waals surface area contributed by atoms with Crippen molar-refractivity contribution in [3.8, 4) is 0 Å². The van der Waals surface area contributed by atoms with E-state index < -0.39 is 0 Å². The maximum atomic E-state index is 5.95. The molecule has 1 heteroatoms. The van der Waals surface area contributed by atoms with Crippen molar-refractivity contribution in [3.05, 3.63) is 35.4 Å². The van der Waals surface area contributed by atoms with E-state index in [9.17, 15) is 0 Å². The van der Waals surface area contributed by atoms with Crippen molar-refractivity contribution in [2.45, 2.75) is 39.7 Å². The van der Waals surface area contributed by atoms with Crippen LogP contribution in [0.4, 0.5) is 0 Å². The molecule has 1 atom stereocenters. The van der Waals surface area contributed by atoms with Gasteiger partial charge >= 0.3 is 0 Å². The molecule has 0 saturated heterocycles. The number of rotatable bonds is 4. The van der Waals surface area contributed by atoms with Crippen LogP contribution in [0, 0.1) is 5.92 Å². The third kappa shape index (κ3) is 3.15. The summed E-state index contributed by atoms with van der Waals surface area (Å²) in [6, 6.07) is 8.91. The molecule has 0 aliphatic carbocycles. The van der Waals surface area contributed by atoms with Gasteiger partial charge in [0.15, 0.2) is 0 Å². The zero-order valence-electron chi connectivity index (χ0n) is 9.46. The summed E-state index contributed by atoms with van der Waals surface area (Å²) in [4.78, 5) is 0. The Morgan fingerprint density at radius 3 is 2.14 bits per heavy atom. The second-order valence-electron chi connectivity index (χ2n) is 4.35. The third-order valence-corrected chi connectivity index (χ3v) is 2.49. The zero-order valence-corrected chi connectivity index (χ0v) is 9.46. The van der Waals surface area contributed by atoms with Crippen LogP contribution in [0.3, 0.4) is 0 Å². The molecule has 14 heavy (non-hydrogen) atoms. The topological polar surface area (TPSA) is 26.0 Å². The van der Waals surface area contributed by atoms with Gasteiger partial charge in [0.05, 0.1) is 0 Å². The molecule has 0 aliphatic heterocycles. The van der Waals surface area contributed by atoms with E-state index in [-0.39, 0.29) is 6.04 Å². The molecular weight excluding hydrogens is 170 g/mol. The van der Waals surface area contributed by atoms with Crippen LogP contribution in [0.25, 0.3) is 0 Å². The first-order valence-corrected chi connectivity index (χ1v) is 5.48. The van der Waals surface area contributed by atoms with Gasteiger partial charge < -0.3 is 5.73 Å². The molecule has 0 aromatic heterocycles. The molecule has 1 rings (SSSR count). The predicted molar refractivity (Wildman–Crippen MR) is 62.2 cm³/mol. The molecular formula is C13H21N. The first-order chi connectivity index (χ1) is 6.63. The van der Waals surface area contributed by atoms with Crippen LogP contribution in [-0.2, 0) is 6.42 Å². The van der Waals surface area contributed by atoms with Crippen molar-refractivity contribution in [1.29, 1.82) is 0 Å². The molecule has 0 heterocycles. The molecule has 0 unspecified atom stereocenters. The fraction of sp³-hybridized carbons (Fsp3) is 0.538. The van der Waals surface area contributed by atoms with Gasteiger partial charge in [-0.25, -0.2) is 0 Å². The number of hydrogen-bond acceptors (Lipinski definition) is 1. The Balaban J connectivity index is 2.68. The van der Waals surface area contributed by atoms with Gasteiger partial charge in [0.1, 0.15) is 0 Å². The highest BCUT2D eigenvalue weighted by Crippen LogP contribution is 2.15. The smallest absolute Gasteiger partial charge is 0.0292 e. The predicted octanol–water partition coefficient (Wildman–Crippen LogP) is 3.29. The Bertz CT molecular complexity index is 261. The molecule has 0 fully saturated rings. The second-order valence-corrected chi connectivity index (χ2v) is 4.35. The van der Waals surface area contributed by atoms with Crippen molar-refractivity contribution < 1.29 is 0 Å². The van der Waals surface area contributed by atoms with Gasteiger partial charge in [0.2, 0.25) is 0 Å². The molecule has 1 aromatic rings. The molecule has 1 nitrogen and oxygen atoms in total. The largest absolute Gasteiger partial charge is 0.324 e. The van der Waals surface area contributed by atoms with Crippen molar-refractivity contribution in [2.24, 2.45) is 11.7 Å². The fourth-order valence-electron chi connectivity index (χ4n) is 1.61. The van der Waals surface area contributed by atoms with Gasteiger partial charge in [0.25, 0.3) is 0 Å². The van der Waals surface area contributed by atoms with E-state index in [2.05, 4.69) is 45.0 Å². The Hall–Kier alpha value is -0.820. The van der Waals surface area contributed by atoms with E-state index in [1.165, 1.54) is 11.1 Å². The number of nitrogens with two attached hydrogens (primary N) is 1. The molecule has 1 aromatic carbocycles. The van der Waals surface area contributed by atoms with Crippen LogP contribution in [0.1, 0.15) is 44.4 Å². The Labute approximate surface area is 87.3 Å². The van der Waals surface area contributed by atoms with Crippen molar-refractivity contribution >= 4 is 0 Å². The van der Waals surface area contributed by atoms with Crippen molar-refractivity contribution in [1.82, 2.24) is 0 Å². The van der Waals surface area contributed by atoms with E-state index in [1.807, 2.05) is 0 Å². The summed E-state index contributed by atoms with van der Waals surface area (Å²) in [5, 5.41) is 0. The fourth-order valence-corrected chi connectivity index (χ4v) is 1.61. The summed E-state index contributed by atoms with van der Waals surface area (Å²) in [7, 11) is 0. The monoisotopic (exact) mass is 191 g/mol. The van der Waals surface area contributed by atoms with Gasteiger partial charge in [-0.3, -0.25) is 0 Å². The lowest BCUT2D eigenvalue weighted by molar-refractivity contribution is 0.646. The molecule has 0 spiro atoms. The molecule has 2 N–H and O–H groups in total. The van der Waals surface area contributed by atoms with E-state index in [1.54, 1.807) is 0 Å². The number of benzene rings is 1. The quantitative estimate of drug-likeness (QED) is 0.776. The van der Waals surface area contributed by atoms with Crippen LogP contribution >= 0.6 is 0 Å². The van der Waals surface area contributed by atoms with E-state index in [0.29, 0.717) is 0 Å². The van der Waals surface area contributed by atoms with Gasteiger partial charge in [-0.2, -0.15) is 0 Å². The summed E-state index contributed by atoms with van der Waals surface area (Å²) in [6.07, 6.45) is 2.16. The lowest BCUT2D eigenvalue weighted by Gasteiger charge is -2.10. The lowest BCUT2D eigenvalue weighted by atomic mass is 9.99. The van der Waals surface area contributed by atoms with E-state index in [4.69, 9.17) is 5.73 Å². The second kappa shape index (κ2) is 5.16. The molecule has 0 saturated carbocycles. The summed E-state index contributed by atoms with van der Waals surface area (Å²) in [5.74, 6) is 0.723.